The van der Waals surface area contributed by atoms with Crippen LogP contribution in [0.1, 0.15) is 21.4 Å². The number of anilines is 1. The van der Waals surface area contributed by atoms with E-state index in [9.17, 15) is 5.11 Å². The van der Waals surface area contributed by atoms with Crippen molar-refractivity contribution in [3.63, 3.8) is 0 Å². The number of benzene rings is 1. The van der Waals surface area contributed by atoms with Gasteiger partial charge in [0, 0.05) is 21.5 Å². The Morgan fingerprint density at radius 1 is 1.00 bits per heavy atom. The van der Waals surface area contributed by atoms with Gasteiger partial charge in [0.15, 0.2) is 0 Å². The fourth-order valence-corrected chi connectivity index (χ4v) is 3.72. The Bertz CT molecular complexity index is 640. The highest BCUT2D eigenvalue weighted by atomic mass is 32.1. The van der Waals surface area contributed by atoms with E-state index in [2.05, 4.69) is 40.3 Å². The molecule has 0 radical (unpaired) electrons. The van der Waals surface area contributed by atoms with E-state index < -0.39 is 0 Å². The van der Waals surface area contributed by atoms with Crippen LogP contribution in [-0.2, 0) is 0 Å². The molecule has 2 aromatic heterocycles. The summed E-state index contributed by atoms with van der Waals surface area (Å²) in [7, 11) is 0. The predicted molar refractivity (Wildman–Crippen MR) is 86.9 cm³/mol. The molecule has 0 bridgehead atoms. The highest BCUT2D eigenvalue weighted by Crippen LogP contribution is 2.33. The number of hydrogen-bond acceptors (Lipinski definition) is 4. The van der Waals surface area contributed by atoms with Crippen molar-refractivity contribution in [2.75, 3.05) is 5.32 Å². The van der Waals surface area contributed by atoms with E-state index >= 15 is 0 Å². The molecule has 3 aromatic rings. The van der Waals surface area contributed by atoms with Gasteiger partial charge in [-0.25, -0.2) is 0 Å². The molecule has 0 aliphatic carbocycles. The number of aryl methyl sites for hydroxylation is 1. The average Bonchev–Trinajstić information content (AvgIpc) is 3.12. The maximum Gasteiger partial charge on any atom is 0.120 e. The van der Waals surface area contributed by atoms with Gasteiger partial charge < -0.3 is 10.4 Å². The van der Waals surface area contributed by atoms with E-state index in [0.717, 1.165) is 11.3 Å². The predicted octanol–water partition coefficient (Wildman–Crippen LogP) is 5.03. The summed E-state index contributed by atoms with van der Waals surface area (Å²) in [5, 5.41) is 17.5. The van der Waals surface area contributed by atoms with Gasteiger partial charge in [-0.2, -0.15) is 0 Å². The topological polar surface area (TPSA) is 32.3 Å². The van der Waals surface area contributed by atoms with Crippen LogP contribution in [0.5, 0.6) is 5.75 Å². The molecule has 0 aliphatic heterocycles. The number of phenols is 1. The number of hydrogen-bond donors (Lipinski definition) is 2. The van der Waals surface area contributed by atoms with Gasteiger partial charge in [-0.15, -0.1) is 22.7 Å². The molecule has 4 heteroatoms. The molecule has 0 unspecified atom stereocenters. The summed E-state index contributed by atoms with van der Waals surface area (Å²) in [6.45, 7) is 1.90. The number of rotatable bonds is 4. The smallest absolute Gasteiger partial charge is 0.120 e. The van der Waals surface area contributed by atoms with Crippen molar-refractivity contribution >= 4 is 28.4 Å². The van der Waals surface area contributed by atoms with Crippen molar-refractivity contribution in [2.45, 2.75) is 13.0 Å². The quantitative estimate of drug-likeness (QED) is 0.708. The Morgan fingerprint density at radius 3 is 2.15 bits per heavy atom. The third-order valence-electron chi connectivity index (χ3n) is 3.18. The molecule has 0 atom stereocenters. The molecule has 2 heterocycles. The van der Waals surface area contributed by atoms with Crippen molar-refractivity contribution in [1.82, 2.24) is 0 Å². The summed E-state index contributed by atoms with van der Waals surface area (Å²) in [6.07, 6.45) is 0. The first-order valence-electron chi connectivity index (χ1n) is 6.37. The van der Waals surface area contributed by atoms with Crippen molar-refractivity contribution < 1.29 is 5.11 Å². The average molecular weight is 301 g/mol. The van der Waals surface area contributed by atoms with Crippen molar-refractivity contribution in [1.29, 1.82) is 0 Å². The summed E-state index contributed by atoms with van der Waals surface area (Å²) in [6, 6.07) is 14.2. The summed E-state index contributed by atoms with van der Waals surface area (Å²) in [5.41, 5.74) is 1.82. The van der Waals surface area contributed by atoms with Gasteiger partial charge in [0.1, 0.15) is 5.75 Å². The van der Waals surface area contributed by atoms with Crippen LogP contribution in [0.25, 0.3) is 0 Å². The third kappa shape index (κ3) is 2.71. The number of thiophene rings is 2. The molecule has 20 heavy (non-hydrogen) atoms. The second kappa shape index (κ2) is 5.69. The SMILES string of the molecule is Cc1ccc(NC(c2cccs2)c2cccs2)cc1O. The molecule has 0 saturated carbocycles. The van der Waals surface area contributed by atoms with Gasteiger partial charge in [0.25, 0.3) is 0 Å². The van der Waals surface area contributed by atoms with Gasteiger partial charge >= 0.3 is 0 Å². The summed E-state index contributed by atoms with van der Waals surface area (Å²) < 4.78 is 0. The van der Waals surface area contributed by atoms with Gasteiger partial charge in [-0.1, -0.05) is 18.2 Å². The highest BCUT2D eigenvalue weighted by Gasteiger charge is 2.16. The zero-order chi connectivity index (χ0) is 13.9. The first kappa shape index (κ1) is 13.2. The third-order valence-corrected chi connectivity index (χ3v) is 5.05. The summed E-state index contributed by atoms with van der Waals surface area (Å²) >= 11 is 3.48. The first-order chi connectivity index (χ1) is 9.74. The lowest BCUT2D eigenvalue weighted by Gasteiger charge is -2.18. The molecule has 102 valence electrons. The molecule has 0 spiro atoms. The molecular formula is C16H15NOS2. The van der Waals surface area contributed by atoms with Crippen LogP contribution >= 0.6 is 22.7 Å². The minimum absolute atomic E-state index is 0.136. The molecular weight excluding hydrogens is 286 g/mol. The second-order valence-electron chi connectivity index (χ2n) is 4.61. The van der Waals surface area contributed by atoms with Crippen LogP contribution in [0.3, 0.4) is 0 Å². The molecule has 0 saturated heterocycles. The zero-order valence-corrected chi connectivity index (χ0v) is 12.7. The van der Waals surface area contributed by atoms with E-state index in [-0.39, 0.29) is 6.04 Å². The fourth-order valence-electron chi connectivity index (χ4n) is 2.06. The number of nitrogens with one attached hydrogen (secondary N) is 1. The molecule has 2 nitrogen and oxygen atoms in total. The highest BCUT2D eigenvalue weighted by molar-refractivity contribution is 7.11. The largest absolute Gasteiger partial charge is 0.508 e. The molecule has 0 aliphatic rings. The van der Waals surface area contributed by atoms with Crippen LogP contribution in [0, 0.1) is 6.92 Å². The minimum atomic E-state index is 0.136. The monoisotopic (exact) mass is 301 g/mol. The van der Waals surface area contributed by atoms with Crippen molar-refractivity contribution in [3.05, 3.63) is 68.5 Å². The van der Waals surface area contributed by atoms with E-state index in [1.807, 2.05) is 19.1 Å². The lowest BCUT2D eigenvalue weighted by Crippen LogP contribution is -2.09. The maximum absolute atomic E-state index is 9.84. The first-order valence-corrected chi connectivity index (χ1v) is 8.13. The van der Waals surface area contributed by atoms with Crippen molar-refractivity contribution in [3.8, 4) is 5.75 Å². The number of phenolic OH excluding ortho intramolecular Hbond substituents is 1. The lowest BCUT2D eigenvalue weighted by molar-refractivity contribution is 0.471. The molecule has 1 aromatic carbocycles. The number of aromatic hydroxyl groups is 1. The van der Waals surface area contributed by atoms with Crippen LogP contribution in [-0.4, -0.2) is 5.11 Å². The Hall–Kier alpha value is -1.78. The zero-order valence-electron chi connectivity index (χ0n) is 11.0. The van der Waals surface area contributed by atoms with Gasteiger partial charge in [-0.05, 0) is 41.4 Å². The second-order valence-corrected chi connectivity index (χ2v) is 6.57. The van der Waals surface area contributed by atoms with E-state index in [1.54, 1.807) is 28.7 Å². The van der Waals surface area contributed by atoms with Crippen molar-refractivity contribution in [2.24, 2.45) is 0 Å². The lowest BCUT2D eigenvalue weighted by atomic mass is 10.1. The molecule has 0 fully saturated rings. The standard InChI is InChI=1S/C16H15NOS2/c1-11-6-7-12(10-13(11)18)17-16(14-4-2-8-19-14)15-5-3-9-20-15/h2-10,16-18H,1H3. The van der Waals surface area contributed by atoms with E-state index in [4.69, 9.17) is 0 Å². The summed E-state index contributed by atoms with van der Waals surface area (Å²) in [5.74, 6) is 0.325. The normalized spacial score (nSPS) is 10.9. The van der Waals surface area contributed by atoms with Gasteiger partial charge in [0.2, 0.25) is 0 Å². The minimum Gasteiger partial charge on any atom is -0.508 e. The molecule has 3 rings (SSSR count). The molecule has 2 N–H and O–H groups in total. The Morgan fingerprint density at radius 2 is 1.65 bits per heavy atom. The molecule has 0 amide bonds. The van der Waals surface area contributed by atoms with Crippen LogP contribution < -0.4 is 5.32 Å². The fraction of sp³-hybridized carbons (Fsp3) is 0.125. The Kier molecular flexibility index (Phi) is 3.76. The van der Waals surface area contributed by atoms with Crippen LogP contribution in [0.4, 0.5) is 5.69 Å². The Labute approximate surface area is 126 Å². The van der Waals surface area contributed by atoms with E-state index in [1.165, 1.54) is 9.75 Å². The maximum atomic E-state index is 9.84. The van der Waals surface area contributed by atoms with Crippen LogP contribution in [0.2, 0.25) is 0 Å². The summed E-state index contributed by atoms with van der Waals surface area (Å²) in [4.78, 5) is 2.54. The van der Waals surface area contributed by atoms with Crippen LogP contribution in [0.15, 0.2) is 53.2 Å². The van der Waals surface area contributed by atoms with Gasteiger partial charge in [-0.3, -0.25) is 0 Å². The Balaban J connectivity index is 1.92. The van der Waals surface area contributed by atoms with Gasteiger partial charge in [0.05, 0.1) is 6.04 Å². The van der Waals surface area contributed by atoms with E-state index in [0.29, 0.717) is 5.75 Å².